The average Bonchev–Trinajstić information content (AvgIpc) is 3.25. The van der Waals surface area contributed by atoms with Gasteiger partial charge in [-0.25, -0.2) is 14.4 Å². The second-order valence-corrected chi connectivity index (χ2v) is 18.6. The fourth-order valence-electron chi connectivity index (χ4n) is 7.46. The highest BCUT2D eigenvalue weighted by atomic mass is 35.5. The summed E-state index contributed by atoms with van der Waals surface area (Å²) in [6, 6.07) is -2.49. The summed E-state index contributed by atoms with van der Waals surface area (Å²) in [5, 5.41) is 26.1. The first-order chi connectivity index (χ1) is 30.6. The van der Waals surface area contributed by atoms with Gasteiger partial charge >= 0.3 is 24.1 Å². The Bertz CT molecular complexity index is 1130. The van der Waals surface area contributed by atoms with Crippen molar-refractivity contribution in [3.05, 3.63) is 0 Å². The van der Waals surface area contributed by atoms with Crippen LogP contribution >= 0.6 is 24.2 Å². The van der Waals surface area contributed by atoms with Gasteiger partial charge in [0.15, 0.2) is 0 Å². The van der Waals surface area contributed by atoms with Crippen LogP contribution in [-0.4, -0.2) is 89.6 Å². The average molecular weight is 952 g/mol. The van der Waals surface area contributed by atoms with Crippen molar-refractivity contribution >= 4 is 54.2 Å². The van der Waals surface area contributed by atoms with Crippen LogP contribution in [-0.2, 0) is 23.9 Å². The smallest absolute Gasteiger partial charge is 0.407 e. The van der Waals surface area contributed by atoms with E-state index in [-0.39, 0.29) is 36.9 Å². The predicted octanol–water partition coefficient (Wildman–Crippen LogP) is 12.2. The number of halogens is 1. The van der Waals surface area contributed by atoms with Gasteiger partial charge in [0.1, 0.15) is 18.8 Å². The monoisotopic (exact) mass is 951 g/mol. The van der Waals surface area contributed by atoms with Crippen LogP contribution in [0.15, 0.2) is 0 Å². The maximum absolute atomic E-state index is 12.7. The Labute approximate surface area is 399 Å². The number of carbonyl (C=O) groups excluding carboxylic acids is 3. The van der Waals surface area contributed by atoms with Gasteiger partial charge in [0.2, 0.25) is 5.91 Å². The van der Waals surface area contributed by atoms with Crippen molar-refractivity contribution in [2.75, 3.05) is 31.2 Å². The van der Waals surface area contributed by atoms with Gasteiger partial charge in [-0.2, -0.15) is 11.8 Å². The number of thioether (sulfide) groups is 1. The molecule has 0 saturated carbocycles. The summed E-state index contributed by atoms with van der Waals surface area (Å²) in [6.07, 6.45) is 37.9. The molecule has 0 fully saturated rings. The van der Waals surface area contributed by atoms with Crippen LogP contribution in [0, 0.1) is 0 Å². The first-order valence-corrected chi connectivity index (χ1v) is 26.7. The number of nitrogens with one attached hydrogen (secondary N) is 3. The molecule has 0 aromatic heterocycles. The van der Waals surface area contributed by atoms with Crippen molar-refractivity contribution < 1.29 is 43.7 Å². The van der Waals surface area contributed by atoms with Crippen molar-refractivity contribution in [3.8, 4) is 0 Å². The van der Waals surface area contributed by atoms with E-state index >= 15 is 0 Å². The van der Waals surface area contributed by atoms with Crippen LogP contribution in [0.25, 0.3) is 0 Å². The Morgan fingerprint density at radius 3 is 1.25 bits per heavy atom. The molecular weight excluding hydrogens is 856 g/mol. The Kier molecular flexibility index (Phi) is 48.2. The number of hydrogen-bond acceptors (Lipinski definition) is 9. The third kappa shape index (κ3) is 44.7. The minimum absolute atomic E-state index is 0. The van der Waals surface area contributed by atoms with E-state index in [9.17, 15) is 29.1 Å². The lowest BCUT2D eigenvalue weighted by Crippen LogP contribution is -2.49. The van der Waals surface area contributed by atoms with E-state index < -0.39 is 54.6 Å². The van der Waals surface area contributed by atoms with Crippen molar-refractivity contribution in [3.63, 3.8) is 0 Å². The third-order valence-electron chi connectivity index (χ3n) is 11.5. The number of carboxylic acids is 2. The van der Waals surface area contributed by atoms with E-state index in [1.807, 2.05) is 0 Å². The molecule has 7 N–H and O–H groups in total. The topological polar surface area (TPSA) is 206 Å². The van der Waals surface area contributed by atoms with Crippen LogP contribution in [0.5, 0.6) is 0 Å². The number of rotatable bonds is 47. The molecule has 0 aliphatic carbocycles. The molecule has 0 saturated heterocycles. The fraction of sp³-hybridized carbons (Fsp3) is 0.898. The van der Waals surface area contributed by atoms with Crippen molar-refractivity contribution in [1.82, 2.24) is 16.0 Å². The molecule has 0 aromatic rings. The van der Waals surface area contributed by atoms with Gasteiger partial charge < -0.3 is 41.4 Å². The number of amides is 3. The minimum atomic E-state index is -1.38. The van der Waals surface area contributed by atoms with Gasteiger partial charge in [0.25, 0.3) is 0 Å². The molecule has 0 radical (unpaired) electrons. The minimum Gasteiger partial charge on any atom is -0.481 e. The zero-order valence-electron chi connectivity index (χ0n) is 40.5. The highest BCUT2D eigenvalue weighted by Crippen LogP contribution is 2.16. The first kappa shape index (κ1) is 63.6. The van der Waals surface area contributed by atoms with Gasteiger partial charge in [-0.15, -0.1) is 12.4 Å². The van der Waals surface area contributed by atoms with E-state index in [1.165, 1.54) is 179 Å². The molecule has 0 heterocycles. The Morgan fingerprint density at radius 2 is 0.891 bits per heavy atom. The third-order valence-corrected chi connectivity index (χ3v) is 12.7. The van der Waals surface area contributed by atoms with Crippen LogP contribution in [0.4, 0.5) is 9.59 Å². The Hall–Kier alpha value is -2.45. The summed E-state index contributed by atoms with van der Waals surface area (Å²) in [5.41, 5.74) is 6.01. The van der Waals surface area contributed by atoms with Crippen LogP contribution in [0.1, 0.15) is 232 Å². The molecule has 0 unspecified atom stereocenters. The molecule has 15 heteroatoms. The highest BCUT2D eigenvalue weighted by molar-refractivity contribution is 7.99. The van der Waals surface area contributed by atoms with E-state index in [0.29, 0.717) is 13.1 Å². The molecule has 13 nitrogen and oxygen atoms in total. The van der Waals surface area contributed by atoms with E-state index in [4.69, 9.17) is 20.3 Å². The summed E-state index contributed by atoms with van der Waals surface area (Å²) in [7, 11) is 0. The van der Waals surface area contributed by atoms with Crippen LogP contribution in [0.3, 0.4) is 0 Å². The second-order valence-electron chi connectivity index (χ2n) is 17.6. The number of ether oxygens (including phenoxy) is 2. The molecule has 0 rings (SSSR count). The van der Waals surface area contributed by atoms with E-state index in [0.717, 1.165) is 38.5 Å². The van der Waals surface area contributed by atoms with Crippen molar-refractivity contribution in [2.24, 2.45) is 5.73 Å². The number of carbonyl (C=O) groups is 5. The molecule has 3 atom stereocenters. The Morgan fingerprint density at radius 1 is 0.531 bits per heavy atom. The second kappa shape index (κ2) is 48.5. The molecule has 3 amide bonds. The van der Waals surface area contributed by atoms with E-state index in [1.54, 1.807) is 0 Å². The first-order valence-electron chi connectivity index (χ1n) is 25.5. The summed E-state index contributed by atoms with van der Waals surface area (Å²) in [5.74, 6) is -3.04. The zero-order chi connectivity index (χ0) is 46.4. The van der Waals surface area contributed by atoms with Crippen molar-refractivity contribution in [2.45, 2.75) is 250 Å². The molecule has 0 aromatic carbocycles. The number of unbranched alkanes of at least 4 members (excludes halogenated alkanes) is 30. The predicted molar refractivity (Wildman–Crippen MR) is 266 cm³/mol. The number of nitrogens with two attached hydrogens (primary N) is 1. The summed E-state index contributed by atoms with van der Waals surface area (Å²) >= 11 is 1.19. The van der Waals surface area contributed by atoms with Gasteiger partial charge in [0.05, 0.1) is 6.04 Å². The largest absolute Gasteiger partial charge is 0.481 e. The number of hydrogen-bond donors (Lipinski definition) is 6. The standard InChI is InChI=1S/C49H94N4O9S.ClH/c1-3-5-7-9-11-13-15-17-19-21-23-25-27-29-31-33-37-51-48(59)61-39-42(40-63-41-43(50)46(56)53-44(47(57)58)35-36-45(54)55)62-49(60)52-38-34-32-30-28-26-24-22-20-18-16-14-12-10-8-6-4-2;/h42-44H,3-41,50H2,1-2H3,(H,51,59)(H,52,60)(H,53,56)(H,54,55)(H,57,58);1H/t42-,43+,44+;/m1./s1. The fourth-order valence-corrected chi connectivity index (χ4v) is 8.43. The lowest BCUT2D eigenvalue weighted by molar-refractivity contribution is -0.143. The molecule has 0 aliphatic heterocycles. The van der Waals surface area contributed by atoms with Gasteiger partial charge in [-0.05, 0) is 19.3 Å². The number of alkyl carbamates (subject to hydrolysis) is 2. The lowest BCUT2D eigenvalue weighted by atomic mass is 10.0. The lowest BCUT2D eigenvalue weighted by Gasteiger charge is -2.20. The number of carboxylic acid groups (broad SMARTS) is 2. The maximum Gasteiger partial charge on any atom is 0.407 e. The number of aliphatic carboxylic acids is 2. The van der Waals surface area contributed by atoms with Crippen LogP contribution < -0.4 is 21.7 Å². The molecule has 64 heavy (non-hydrogen) atoms. The van der Waals surface area contributed by atoms with Crippen LogP contribution in [0.2, 0.25) is 0 Å². The molecule has 0 bridgehead atoms. The quantitative estimate of drug-likeness (QED) is 0.0316. The SMILES string of the molecule is CCCCCCCCCCCCCCCCCCNC(=O)OC[C@H](CSC[C@H](N)C(=O)N[C@@H](CCC(=O)O)C(=O)O)OC(=O)NCCCCCCCCCCCCCCCCCC.Cl. The van der Waals surface area contributed by atoms with Gasteiger partial charge in [-0.3, -0.25) is 9.59 Å². The van der Waals surface area contributed by atoms with Crippen molar-refractivity contribution in [1.29, 1.82) is 0 Å². The summed E-state index contributed by atoms with van der Waals surface area (Å²) in [4.78, 5) is 60.2. The Balaban J connectivity index is 0. The summed E-state index contributed by atoms with van der Waals surface area (Å²) < 4.78 is 11.0. The van der Waals surface area contributed by atoms with Gasteiger partial charge in [0, 0.05) is 31.0 Å². The molecule has 378 valence electrons. The van der Waals surface area contributed by atoms with E-state index in [2.05, 4.69) is 29.8 Å². The van der Waals surface area contributed by atoms with Gasteiger partial charge in [-0.1, -0.05) is 206 Å². The molecular formula is C49H95ClN4O9S. The highest BCUT2D eigenvalue weighted by Gasteiger charge is 2.25. The maximum atomic E-state index is 12.7. The summed E-state index contributed by atoms with van der Waals surface area (Å²) in [6.45, 7) is 5.28. The zero-order valence-corrected chi connectivity index (χ0v) is 42.1. The molecule has 0 spiro atoms. The molecule has 0 aliphatic rings. The normalized spacial score (nSPS) is 12.4.